The Hall–Kier alpha value is -2.49. The molecular formula is C22H25N3O. The molecular weight excluding hydrogens is 322 g/mol. The molecule has 26 heavy (non-hydrogen) atoms. The molecule has 134 valence electrons. The quantitative estimate of drug-likeness (QED) is 0.706. The molecule has 1 aliphatic carbocycles. The lowest BCUT2D eigenvalue weighted by Gasteiger charge is -2.20. The fourth-order valence-electron chi connectivity index (χ4n) is 4.17. The van der Waals surface area contributed by atoms with Crippen molar-refractivity contribution < 1.29 is 0 Å². The topological polar surface area (TPSA) is 47.8 Å². The van der Waals surface area contributed by atoms with Gasteiger partial charge in [-0.25, -0.2) is 9.97 Å². The van der Waals surface area contributed by atoms with Crippen molar-refractivity contribution in [2.45, 2.75) is 53.5 Å². The van der Waals surface area contributed by atoms with Crippen LogP contribution in [-0.4, -0.2) is 14.5 Å². The number of pyridine rings is 1. The van der Waals surface area contributed by atoms with Crippen LogP contribution in [0.4, 0.5) is 0 Å². The first kappa shape index (κ1) is 17.0. The number of hydrogen-bond acceptors (Lipinski definition) is 3. The number of aryl methyl sites for hydroxylation is 4. The number of aromatic nitrogens is 3. The fraction of sp³-hybridized carbons (Fsp3) is 0.409. The SMILES string of the molecule is Cc1cc(C)c(Cn2cnc3nc4c(cc3c2=O)C[C@@H](C)CC4)c(C)c1. The highest BCUT2D eigenvalue weighted by atomic mass is 16.1. The Morgan fingerprint density at radius 2 is 1.88 bits per heavy atom. The number of fused-ring (bicyclic) bond motifs is 2. The smallest absolute Gasteiger partial charge is 0.263 e. The molecule has 4 rings (SSSR count). The Balaban J connectivity index is 1.80. The van der Waals surface area contributed by atoms with Gasteiger partial charge < -0.3 is 0 Å². The van der Waals surface area contributed by atoms with E-state index >= 15 is 0 Å². The molecule has 0 amide bonds. The summed E-state index contributed by atoms with van der Waals surface area (Å²) < 4.78 is 1.72. The maximum Gasteiger partial charge on any atom is 0.263 e. The summed E-state index contributed by atoms with van der Waals surface area (Å²) in [5.41, 5.74) is 7.79. The highest BCUT2D eigenvalue weighted by molar-refractivity contribution is 5.74. The summed E-state index contributed by atoms with van der Waals surface area (Å²) in [6.45, 7) is 9.12. The van der Waals surface area contributed by atoms with Crippen LogP contribution in [0, 0.1) is 26.7 Å². The summed E-state index contributed by atoms with van der Waals surface area (Å²) in [5.74, 6) is 0.651. The van der Waals surface area contributed by atoms with Crippen molar-refractivity contribution in [3.63, 3.8) is 0 Å². The Kier molecular flexibility index (Phi) is 4.14. The third-order valence-electron chi connectivity index (χ3n) is 5.59. The zero-order chi connectivity index (χ0) is 18.4. The highest BCUT2D eigenvalue weighted by Gasteiger charge is 2.19. The van der Waals surface area contributed by atoms with Gasteiger partial charge in [-0.2, -0.15) is 0 Å². The molecule has 3 aromatic rings. The predicted molar refractivity (Wildman–Crippen MR) is 105 cm³/mol. The molecule has 2 aromatic heterocycles. The Morgan fingerprint density at radius 3 is 2.62 bits per heavy atom. The second-order valence-corrected chi connectivity index (χ2v) is 7.87. The average Bonchev–Trinajstić information content (AvgIpc) is 2.58. The lowest BCUT2D eigenvalue weighted by Crippen LogP contribution is -2.23. The van der Waals surface area contributed by atoms with Gasteiger partial charge in [-0.05, 0) is 74.3 Å². The maximum atomic E-state index is 13.1. The molecule has 0 spiro atoms. The van der Waals surface area contributed by atoms with E-state index in [4.69, 9.17) is 0 Å². The monoisotopic (exact) mass is 347 g/mol. The molecule has 0 saturated heterocycles. The van der Waals surface area contributed by atoms with Crippen LogP contribution in [0.15, 0.2) is 29.3 Å². The highest BCUT2D eigenvalue weighted by Crippen LogP contribution is 2.25. The lowest BCUT2D eigenvalue weighted by atomic mass is 9.87. The third-order valence-corrected chi connectivity index (χ3v) is 5.59. The minimum Gasteiger partial charge on any atom is -0.294 e. The normalized spacial score (nSPS) is 16.7. The first-order valence-corrected chi connectivity index (χ1v) is 9.37. The van der Waals surface area contributed by atoms with E-state index in [9.17, 15) is 4.79 Å². The van der Waals surface area contributed by atoms with E-state index in [2.05, 4.69) is 49.8 Å². The number of hydrogen-bond donors (Lipinski definition) is 0. The van der Waals surface area contributed by atoms with Crippen molar-refractivity contribution in [3.05, 3.63) is 68.4 Å². The molecule has 1 aromatic carbocycles. The molecule has 1 atom stereocenters. The zero-order valence-corrected chi connectivity index (χ0v) is 16.0. The summed E-state index contributed by atoms with van der Waals surface area (Å²) in [7, 11) is 0. The van der Waals surface area contributed by atoms with Gasteiger partial charge in [0.1, 0.15) is 6.33 Å². The van der Waals surface area contributed by atoms with Crippen LogP contribution in [0.2, 0.25) is 0 Å². The molecule has 4 heteroatoms. The van der Waals surface area contributed by atoms with Crippen LogP contribution < -0.4 is 5.56 Å². The summed E-state index contributed by atoms with van der Waals surface area (Å²) in [6.07, 6.45) is 4.80. The van der Waals surface area contributed by atoms with Crippen molar-refractivity contribution in [1.29, 1.82) is 0 Å². The van der Waals surface area contributed by atoms with Gasteiger partial charge in [0.25, 0.3) is 5.56 Å². The molecule has 0 bridgehead atoms. The van der Waals surface area contributed by atoms with E-state index in [1.807, 2.05) is 6.07 Å². The molecule has 0 radical (unpaired) electrons. The van der Waals surface area contributed by atoms with Gasteiger partial charge in [-0.1, -0.05) is 24.6 Å². The second kappa shape index (κ2) is 6.35. The van der Waals surface area contributed by atoms with Gasteiger partial charge in [0.05, 0.1) is 11.9 Å². The standard InChI is InChI=1S/C22H25N3O/c1-13-5-6-20-17(9-13)10-18-21(24-20)23-12-25(22(18)26)11-19-15(3)7-14(2)8-16(19)4/h7-8,10,12-13H,5-6,9,11H2,1-4H3/t13-/m0/s1. The van der Waals surface area contributed by atoms with E-state index in [1.54, 1.807) is 10.9 Å². The first-order valence-electron chi connectivity index (χ1n) is 9.37. The van der Waals surface area contributed by atoms with Gasteiger partial charge >= 0.3 is 0 Å². The van der Waals surface area contributed by atoms with Crippen molar-refractivity contribution in [1.82, 2.24) is 14.5 Å². The number of nitrogens with zero attached hydrogens (tertiary/aromatic N) is 3. The molecule has 0 N–H and O–H groups in total. The van der Waals surface area contributed by atoms with Gasteiger partial charge in [-0.15, -0.1) is 0 Å². The Labute approximate surface area is 153 Å². The van der Waals surface area contributed by atoms with E-state index < -0.39 is 0 Å². The Morgan fingerprint density at radius 1 is 1.15 bits per heavy atom. The molecule has 2 heterocycles. The van der Waals surface area contributed by atoms with Crippen LogP contribution in [0.25, 0.3) is 11.0 Å². The number of rotatable bonds is 2. The number of benzene rings is 1. The lowest BCUT2D eigenvalue weighted by molar-refractivity contribution is 0.495. The average molecular weight is 347 g/mol. The second-order valence-electron chi connectivity index (χ2n) is 7.87. The first-order chi connectivity index (χ1) is 12.4. The largest absolute Gasteiger partial charge is 0.294 e. The van der Waals surface area contributed by atoms with E-state index in [0.717, 1.165) is 25.0 Å². The van der Waals surface area contributed by atoms with E-state index in [0.29, 0.717) is 23.5 Å². The summed E-state index contributed by atoms with van der Waals surface area (Å²) in [4.78, 5) is 22.2. The van der Waals surface area contributed by atoms with Crippen LogP contribution in [0.1, 0.15) is 46.9 Å². The van der Waals surface area contributed by atoms with Gasteiger partial charge in [0.2, 0.25) is 0 Å². The molecule has 4 nitrogen and oxygen atoms in total. The van der Waals surface area contributed by atoms with Crippen LogP contribution >= 0.6 is 0 Å². The van der Waals surface area contributed by atoms with Gasteiger partial charge in [0.15, 0.2) is 5.65 Å². The van der Waals surface area contributed by atoms with Crippen molar-refractivity contribution in [3.8, 4) is 0 Å². The van der Waals surface area contributed by atoms with Crippen LogP contribution in [0.3, 0.4) is 0 Å². The Bertz CT molecular complexity index is 1040. The zero-order valence-electron chi connectivity index (χ0n) is 16.0. The molecule has 1 aliphatic rings. The van der Waals surface area contributed by atoms with E-state index in [1.165, 1.54) is 27.8 Å². The minimum absolute atomic E-state index is 0.00269. The molecule has 0 fully saturated rings. The van der Waals surface area contributed by atoms with Gasteiger partial charge in [-0.3, -0.25) is 9.36 Å². The third kappa shape index (κ3) is 2.94. The maximum absolute atomic E-state index is 13.1. The summed E-state index contributed by atoms with van der Waals surface area (Å²) in [5, 5.41) is 0.641. The minimum atomic E-state index is 0.00269. The molecule has 0 aliphatic heterocycles. The summed E-state index contributed by atoms with van der Waals surface area (Å²) >= 11 is 0. The van der Waals surface area contributed by atoms with Crippen LogP contribution in [-0.2, 0) is 19.4 Å². The summed E-state index contributed by atoms with van der Waals surface area (Å²) in [6, 6.07) is 6.37. The van der Waals surface area contributed by atoms with Crippen molar-refractivity contribution >= 4 is 11.0 Å². The predicted octanol–water partition coefficient (Wildman–Crippen LogP) is 3.89. The van der Waals surface area contributed by atoms with Crippen molar-refractivity contribution in [2.24, 2.45) is 5.92 Å². The fourth-order valence-corrected chi connectivity index (χ4v) is 4.17. The molecule has 0 unspecified atom stereocenters. The van der Waals surface area contributed by atoms with Crippen LogP contribution in [0.5, 0.6) is 0 Å². The molecule has 0 saturated carbocycles. The van der Waals surface area contributed by atoms with Crippen molar-refractivity contribution in [2.75, 3.05) is 0 Å². The van der Waals surface area contributed by atoms with Gasteiger partial charge in [0, 0.05) is 5.69 Å². The van der Waals surface area contributed by atoms with E-state index in [-0.39, 0.29) is 5.56 Å².